The number of benzene rings is 3. The number of rotatable bonds is 7. The quantitative estimate of drug-likeness (QED) is 0.125. The Morgan fingerprint density at radius 1 is 0.647 bits per heavy atom. The first-order chi connectivity index (χ1) is 24.5. The monoisotopic (exact) mass is 775 g/mol. The Kier molecular flexibility index (Phi) is 11.1. The lowest BCUT2D eigenvalue weighted by Crippen LogP contribution is -2.04. The third-order valence-corrected chi connectivity index (χ3v) is 10.5. The SMILES string of the molecule is COC(=O)c1ccc(-c2nc(Cl)c3cc(C)sc3n2)cc1.COC(=O)c1ccc(-c2nc(NCc3ccc(Cl)c(Cl)c3)c3cc(C)sc3n2)cc1. The molecule has 3 aromatic carbocycles. The summed E-state index contributed by atoms with van der Waals surface area (Å²) in [5.74, 6) is 1.12. The van der Waals surface area contributed by atoms with E-state index in [1.807, 2.05) is 44.2 Å². The van der Waals surface area contributed by atoms with Gasteiger partial charge in [-0.3, -0.25) is 0 Å². The molecule has 0 spiro atoms. The number of methoxy groups -OCH3 is 2. The molecule has 0 aliphatic rings. The Hall–Kier alpha value is -4.65. The molecule has 4 aromatic heterocycles. The highest BCUT2D eigenvalue weighted by Gasteiger charge is 2.15. The summed E-state index contributed by atoms with van der Waals surface area (Å²) in [6, 6.07) is 23.6. The van der Waals surface area contributed by atoms with Crippen LogP contribution in [0.5, 0.6) is 0 Å². The van der Waals surface area contributed by atoms with E-state index in [9.17, 15) is 9.59 Å². The van der Waals surface area contributed by atoms with Crippen molar-refractivity contribution in [2.45, 2.75) is 20.4 Å². The molecule has 51 heavy (non-hydrogen) atoms. The van der Waals surface area contributed by atoms with Gasteiger partial charge in [0.25, 0.3) is 0 Å². The molecule has 258 valence electrons. The zero-order valence-corrected chi connectivity index (χ0v) is 31.5. The molecule has 0 atom stereocenters. The summed E-state index contributed by atoms with van der Waals surface area (Å²) >= 11 is 21.5. The minimum atomic E-state index is -0.379. The van der Waals surface area contributed by atoms with Crippen molar-refractivity contribution in [3.05, 3.63) is 121 Å². The summed E-state index contributed by atoms with van der Waals surface area (Å²) in [6.45, 7) is 4.59. The zero-order chi connectivity index (χ0) is 36.2. The number of carbonyl (C=O) groups excluding carboxylic acids is 2. The van der Waals surface area contributed by atoms with Gasteiger partial charge in [0.05, 0.1) is 40.8 Å². The molecule has 0 saturated heterocycles. The van der Waals surface area contributed by atoms with Crippen LogP contribution in [0, 0.1) is 13.8 Å². The minimum absolute atomic E-state index is 0.371. The number of fused-ring (bicyclic) bond motifs is 2. The maximum Gasteiger partial charge on any atom is 0.337 e. The van der Waals surface area contributed by atoms with Gasteiger partial charge >= 0.3 is 11.9 Å². The molecule has 14 heteroatoms. The van der Waals surface area contributed by atoms with Gasteiger partial charge in [0.2, 0.25) is 0 Å². The van der Waals surface area contributed by atoms with Gasteiger partial charge in [-0.15, -0.1) is 22.7 Å². The van der Waals surface area contributed by atoms with E-state index >= 15 is 0 Å². The molecular formula is C37H28Cl3N5O4S2. The number of ether oxygens (including phenoxy) is 2. The van der Waals surface area contributed by atoms with Crippen molar-refractivity contribution in [2.75, 3.05) is 19.5 Å². The molecule has 7 aromatic rings. The molecule has 0 aliphatic heterocycles. The van der Waals surface area contributed by atoms with Crippen LogP contribution >= 0.6 is 57.5 Å². The lowest BCUT2D eigenvalue weighted by molar-refractivity contribution is 0.0592. The Labute approximate surface area is 316 Å². The molecule has 7 rings (SSSR count). The van der Waals surface area contributed by atoms with Crippen LogP contribution in [0.2, 0.25) is 15.2 Å². The van der Waals surface area contributed by atoms with Gasteiger partial charge in [-0.1, -0.05) is 65.1 Å². The number of aromatic nitrogens is 4. The van der Waals surface area contributed by atoms with Crippen molar-refractivity contribution in [1.82, 2.24) is 19.9 Å². The van der Waals surface area contributed by atoms with Crippen molar-refractivity contribution >= 4 is 95.7 Å². The van der Waals surface area contributed by atoms with Gasteiger partial charge in [-0.05, 0) is 67.9 Å². The molecule has 0 aliphatic carbocycles. The Morgan fingerprint density at radius 3 is 1.69 bits per heavy atom. The average Bonchev–Trinajstić information content (AvgIpc) is 3.72. The molecule has 1 N–H and O–H groups in total. The molecule has 0 saturated carbocycles. The second-order valence-electron chi connectivity index (χ2n) is 11.1. The van der Waals surface area contributed by atoms with Gasteiger partial charge in [0.15, 0.2) is 11.6 Å². The van der Waals surface area contributed by atoms with Crippen LogP contribution in [-0.2, 0) is 16.0 Å². The number of hydrogen-bond donors (Lipinski definition) is 1. The van der Waals surface area contributed by atoms with Crippen LogP contribution in [0.15, 0.2) is 78.9 Å². The van der Waals surface area contributed by atoms with Crippen molar-refractivity contribution in [3.8, 4) is 22.8 Å². The Bertz CT molecular complexity index is 2400. The number of anilines is 1. The number of carbonyl (C=O) groups is 2. The topological polar surface area (TPSA) is 116 Å². The fourth-order valence-electron chi connectivity index (χ4n) is 5.02. The Balaban J connectivity index is 0.000000187. The molecular weight excluding hydrogens is 749 g/mol. The van der Waals surface area contributed by atoms with E-state index in [1.165, 1.54) is 14.2 Å². The van der Waals surface area contributed by atoms with Gasteiger partial charge in [-0.2, -0.15) is 0 Å². The third kappa shape index (κ3) is 8.30. The normalized spacial score (nSPS) is 10.9. The average molecular weight is 777 g/mol. The zero-order valence-electron chi connectivity index (χ0n) is 27.6. The first-order valence-electron chi connectivity index (χ1n) is 15.3. The van der Waals surface area contributed by atoms with Crippen LogP contribution in [-0.4, -0.2) is 46.1 Å². The second-order valence-corrected chi connectivity index (χ2v) is 14.8. The summed E-state index contributed by atoms with van der Waals surface area (Å²) in [5.41, 5.74) is 3.57. The largest absolute Gasteiger partial charge is 0.465 e. The van der Waals surface area contributed by atoms with E-state index in [2.05, 4.69) is 26.1 Å². The standard InChI is InChI=1S/C22H17Cl2N3O2S.C15H11ClN2O2S/c1-12-9-16-20(25-11-13-3-8-17(23)18(24)10-13)26-19(27-21(16)30-12)14-4-6-15(7-5-14)22(28)29-2;1-8-7-11-12(16)17-13(18-14(11)21-8)9-3-5-10(6-4-9)15(19)20-2/h3-10H,11H2,1-2H3,(H,25,26,27);3-7H,1-2H3. The van der Waals surface area contributed by atoms with Gasteiger partial charge in [-0.25, -0.2) is 29.5 Å². The van der Waals surface area contributed by atoms with Gasteiger partial charge in [0, 0.05) is 32.8 Å². The molecule has 0 fully saturated rings. The van der Waals surface area contributed by atoms with Crippen molar-refractivity contribution in [3.63, 3.8) is 0 Å². The van der Waals surface area contributed by atoms with Crippen molar-refractivity contribution in [2.24, 2.45) is 0 Å². The molecule has 0 amide bonds. The second kappa shape index (κ2) is 15.7. The highest BCUT2D eigenvalue weighted by molar-refractivity contribution is 7.19. The number of thiophene rings is 2. The van der Waals surface area contributed by atoms with Crippen molar-refractivity contribution in [1.29, 1.82) is 0 Å². The first kappa shape index (κ1) is 36.2. The van der Waals surface area contributed by atoms with E-state index in [0.29, 0.717) is 44.5 Å². The lowest BCUT2D eigenvalue weighted by Gasteiger charge is -2.10. The lowest BCUT2D eigenvalue weighted by atomic mass is 10.1. The maximum absolute atomic E-state index is 11.7. The number of esters is 2. The smallest absolute Gasteiger partial charge is 0.337 e. The molecule has 4 heterocycles. The highest BCUT2D eigenvalue weighted by Crippen LogP contribution is 2.33. The highest BCUT2D eigenvalue weighted by atomic mass is 35.5. The molecule has 0 bridgehead atoms. The molecule has 9 nitrogen and oxygen atoms in total. The predicted octanol–water partition coefficient (Wildman–Crippen LogP) is 10.5. The summed E-state index contributed by atoms with van der Waals surface area (Å²) in [6.07, 6.45) is 0. The van der Waals surface area contributed by atoms with Crippen molar-refractivity contribution < 1.29 is 19.1 Å². The van der Waals surface area contributed by atoms with Crippen LogP contribution in [0.25, 0.3) is 43.2 Å². The number of nitrogens with one attached hydrogen (secondary N) is 1. The van der Waals surface area contributed by atoms with Crippen LogP contribution in [0.3, 0.4) is 0 Å². The number of hydrogen-bond acceptors (Lipinski definition) is 11. The van der Waals surface area contributed by atoms with E-state index in [4.69, 9.17) is 49.5 Å². The van der Waals surface area contributed by atoms with Gasteiger partial charge < -0.3 is 14.8 Å². The van der Waals surface area contributed by atoms with E-state index in [-0.39, 0.29) is 11.9 Å². The summed E-state index contributed by atoms with van der Waals surface area (Å²) < 4.78 is 9.43. The number of aryl methyl sites for hydroxylation is 2. The fraction of sp³-hybridized carbons (Fsp3) is 0.135. The Morgan fingerprint density at radius 2 is 1.16 bits per heavy atom. The van der Waals surface area contributed by atoms with E-state index < -0.39 is 0 Å². The van der Waals surface area contributed by atoms with Crippen LogP contribution in [0.1, 0.15) is 36.0 Å². The fourth-order valence-corrected chi connectivity index (χ4v) is 7.38. The third-order valence-electron chi connectivity index (χ3n) is 7.56. The number of nitrogens with zero attached hydrogens (tertiary/aromatic N) is 4. The minimum Gasteiger partial charge on any atom is -0.465 e. The van der Waals surface area contributed by atoms with E-state index in [0.717, 1.165) is 52.7 Å². The predicted molar refractivity (Wildman–Crippen MR) is 207 cm³/mol. The molecule has 0 radical (unpaired) electrons. The molecule has 0 unspecified atom stereocenters. The van der Waals surface area contributed by atoms with Gasteiger partial charge in [0.1, 0.15) is 20.6 Å². The first-order valence-corrected chi connectivity index (χ1v) is 18.1. The van der Waals surface area contributed by atoms with Crippen LogP contribution in [0.4, 0.5) is 5.82 Å². The number of halogens is 3. The van der Waals surface area contributed by atoms with Crippen LogP contribution < -0.4 is 5.32 Å². The summed E-state index contributed by atoms with van der Waals surface area (Å²) in [5, 5.41) is 6.71. The summed E-state index contributed by atoms with van der Waals surface area (Å²) in [4.78, 5) is 45.5. The summed E-state index contributed by atoms with van der Waals surface area (Å²) in [7, 11) is 2.71. The van der Waals surface area contributed by atoms with E-state index in [1.54, 1.807) is 65.1 Å². The maximum atomic E-state index is 11.7.